The van der Waals surface area contributed by atoms with E-state index in [0.717, 1.165) is 4.57 Å². The molecule has 1 N–H and O–H groups in total. The van der Waals surface area contributed by atoms with E-state index in [9.17, 15) is 29.1 Å². The van der Waals surface area contributed by atoms with Crippen molar-refractivity contribution in [2.75, 3.05) is 21.3 Å². The lowest BCUT2D eigenvalue weighted by Crippen LogP contribution is -2.40. The summed E-state index contributed by atoms with van der Waals surface area (Å²) in [5.41, 5.74) is 1.29. The molecule has 0 saturated carbocycles. The van der Waals surface area contributed by atoms with Gasteiger partial charge < -0.3 is 23.9 Å². The van der Waals surface area contributed by atoms with Crippen LogP contribution in [0, 0.1) is 3.57 Å². The van der Waals surface area contributed by atoms with Gasteiger partial charge in [-0.15, -0.1) is 0 Å². The van der Waals surface area contributed by atoms with Gasteiger partial charge in [0.15, 0.2) is 34.6 Å². The van der Waals surface area contributed by atoms with Crippen LogP contribution < -0.4 is 31.1 Å². The number of nitrogens with zero attached hydrogens (tertiary/aromatic N) is 5. The fourth-order valence-electron chi connectivity index (χ4n) is 7.10. The topological polar surface area (TPSA) is 166 Å². The zero-order valence-corrected chi connectivity index (χ0v) is 30.9. The third-order valence-electron chi connectivity index (χ3n) is 9.50. The molecule has 1 aliphatic heterocycles. The normalized spacial score (nSPS) is 18.4. The van der Waals surface area contributed by atoms with Crippen molar-refractivity contribution in [2.24, 2.45) is 7.05 Å². The third-order valence-corrected chi connectivity index (χ3v) is 10.9. The Morgan fingerprint density at radius 3 is 2.38 bits per heavy atom. The van der Waals surface area contributed by atoms with Crippen LogP contribution in [0.15, 0.2) is 72.0 Å². The number of carbonyl (C=O) groups is 2. The highest BCUT2D eigenvalue weighted by Crippen LogP contribution is 2.51. The fourth-order valence-corrected chi connectivity index (χ4v) is 8.18. The van der Waals surface area contributed by atoms with Gasteiger partial charge in [-0.25, -0.2) is 28.5 Å². The predicted molar refractivity (Wildman–Crippen MR) is 193 cm³/mol. The van der Waals surface area contributed by atoms with E-state index in [1.165, 1.54) is 41.3 Å². The Labute approximate surface area is 305 Å². The first kappa shape index (κ1) is 33.8. The zero-order valence-electron chi connectivity index (χ0n) is 27.2. The molecule has 0 unspecified atom stereocenters. The molecule has 4 aromatic rings. The molecule has 0 bridgehead atoms. The lowest BCUT2D eigenvalue weighted by atomic mass is 9.69. The Balaban J connectivity index is 1.31. The molecule has 14 nitrogen and oxygen atoms in total. The van der Waals surface area contributed by atoms with Gasteiger partial charge in [-0.1, -0.05) is 6.08 Å². The summed E-state index contributed by atoms with van der Waals surface area (Å²) in [6, 6.07) is 5.85. The van der Waals surface area contributed by atoms with Crippen LogP contribution in [0.5, 0.6) is 23.0 Å². The molecule has 0 amide bonds. The molecule has 50 heavy (non-hydrogen) atoms. The first-order valence-electron chi connectivity index (χ1n) is 15.4. The van der Waals surface area contributed by atoms with Crippen LogP contribution in [0.25, 0.3) is 11.0 Å². The van der Waals surface area contributed by atoms with E-state index in [1.807, 2.05) is 28.7 Å². The summed E-state index contributed by atoms with van der Waals surface area (Å²) >= 11 is 5.19. The number of hydrogen-bond acceptors (Lipinski definition) is 10. The number of aryl methyl sites for hydroxylation is 2. The van der Waals surface area contributed by atoms with Crippen LogP contribution in [0.2, 0.25) is 0 Å². The van der Waals surface area contributed by atoms with Crippen molar-refractivity contribution < 1.29 is 28.9 Å². The molecule has 0 radical (unpaired) electrons. The number of fused-ring (bicyclic) bond motifs is 4. The number of ketones is 2. The van der Waals surface area contributed by atoms with Gasteiger partial charge in [0.25, 0.3) is 5.56 Å². The molecule has 3 aliphatic rings. The van der Waals surface area contributed by atoms with Crippen molar-refractivity contribution in [1.82, 2.24) is 23.5 Å². The van der Waals surface area contributed by atoms with E-state index >= 15 is 0 Å². The van der Waals surface area contributed by atoms with E-state index in [-0.39, 0.29) is 70.3 Å². The predicted octanol–water partition coefficient (Wildman–Crippen LogP) is 3.03. The van der Waals surface area contributed by atoms with Crippen molar-refractivity contribution in [3.05, 3.63) is 104 Å². The number of ether oxygens (including phenoxy) is 3. The van der Waals surface area contributed by atoms with E-state index in [0.29, 0.717) is 37.2 Å². The summed E-state index contributed by atoms with van der Waals surface area (Å²) in [4.78, 5) is 72.9. The summed E-state index contributed by atoms with van der Waals surface area (Å²) in [6.07, 6.45) is 3.04. The molecule has 2 atom stereocenters. The van der Waals surface area contributed by atoms with Crippen LogP contribution >= 0.6 is 38.5 Å². The van der Waals surface area contributed by atoms with Gasteiger partial charge >= 0.3 is 11.4 Å². The molecule has 7 rings (SSSR count). The summed E-state index contributed by atoms with van der Waals surface area (Å²) in [5.74, 6) is -0.521. The smallest absolute Gasteiger partial charge is 0.347 e. The average Bonchev–Trinajstić information content (AvgIpc) is 3.36. The van der Waals surface area contributed by atoms with Crippen molar-refractivity contribution in [3.8, 4) is 23.0 Å². The van der Waals surface area contributed by atoms with Crippen LogP contribution in [0.3, 0.4) is 0 Å². The number of aromatic hydroxyl groups is 1. The highest BCUT2D eigenvalue weighted by molar-refractivity contribution is 14.1. The minimum absolute atomic E-state index is 0.00107. The molecule has 0 fully saturated rings. The monoisotopic (exact) mass is 857 g/mol. The quantitative estimate of drug-likeness (QED) is 0.166. The van der Waals surface area contributed by atoms with E-state index < -0.39 is 28.9 Å². The second-order valence-corrected chi connectivity index (χ2v) is 14.0. The highest BCUT2D eigenvalue weighted by Gasteiger charge is 2.45. The number of methoxy groups -OCH3 is 3. The van der Waals surface area contributed by atoms with E-state index in [4.69, 9.17) is 14.2 Å². The largest absolute Gasteiger partial charge is 0.504 e. The van der Waals surface area contributed by atoms with Gasteiger partial charge in [0.05, 0.1) is 53.0 Å². The van der Waals surface area contributed by atoms with Gasteiger partial charge in [-0.2, -0.15) is 0 Å². The van der Waals surface area contributed by atoms with Gasteiger partial charge in [-0.3, -0.25) is 14.4 Å². The molecule has 2 aromatic heterocycles. The number of hydrogen-bond donors (Lipinski definition) is 1. The molecule has 2 aromatic carbocycles. The third kappa shape index (κ3) is 5.09. The summed E-state index contributed by atoms with van der Waals surface area (Å²) < 4.78 is 21.9. The summed E-state index contributed by atoms with van der Waals surface area (Å²) in [5, 5.41) is 10.6. The maximum Gasteiger partial charge on any atom is 0.347 e. The number of rotatable bonds is 7. The number of carbonyl (C=O) groups excluding carboxylic acids is 2. The molecule has 2 aliphatic carbocycles. The molecular formula is C34H29BrIN5O9. The first-order chi connectivity index (χ1) is 23.9. The van der Waals surface area contributed by atoms with Crippen molar-refractivity contribution in [3.63, 3.8) is 0 Å². The second kappa shape index (κ2) is 12.6. The lowest BCUT2D eigenvalue weighted by molar-refractivity contribution is -0.115. The van der Waals surface area contributed by atoms with Crippen molar-refractivity contribution >= 4 is 61.1 Å². The highest BCUT2D eigenvalue weighted by atomic mass is 127. The number of allylic oxidation sites excluding steroid dienone is 6. The number of phenolic OH excluding ortho intramolecular Hbond substituents is 1. The molecule has 0 spiro atoms. The molecule has 258 valence electrons. The number of benzene rings is 2. The number of phenols is 1. The molecule has 16 heteroatoms. The van der Waals surface area contributed by atoms with Crippen molar-refractivity contribution in [1.29, 1.82) is 0 Å². The van der Waals surface area contributed by atoms with Crippen LogP contribution in [0.4, 0.5) is 0 Å². The van der Waals surface area contributed by atoms with Crippen LogP contribution in [-0.4, -0.2) is 61.5 Å². The zero-order chi connectivity index (χ0) is 35.8. The molecular weight excluding hydrogens is 829 g/mol. The van der Waals surface area contributed by atoms with Crippen LogP contribution in [0.1, 0.15) is 29.6 Å². The van der Waals surface area contributed by atoms with Gasteiger partial charge in [-0.05, 0) is 61.8 Å². The number of halogens is 2. The Bertz CT molecular complexity index is 2470. The Kier molecular flexibility index (Phi) is 8.48. The minimum Gasteiger partial charge on any atom is -0.504 e. The summed E-state index contributed by atoms with van der Waals surface area (Å²) in [6.45, 7) is -0.109. The minimum atomic E-state index is -0.782. The average molecular weight is 858 g/mol. The summed E-state index contributed by atoms with van der Waals surface area (Å²) in [7, 11) is 6.00. The van der Waals surface area contributed by atoms with E-state index in [2.05, 4.69) is 20.9 Å². The number of aromatic nitrogens is 5. The maximum atomic E-state index is 14.1. The number of Topliss-reactive ketones (excluding diaryl/α,β-unsaturated/α-hetero) is 1. The van der Waals surface area contributed by atoms with Gasteiger partial charge in [0.2, 0.25) is 0 Å². The fraction of sp³-hybridized carbons (Fsp3) is 0.294. The van der Waals surface area contributed by atoms with Crippen molar-refractivity contribution in [2.45, 2.75) is 37.9 Å². The first-order valence-corrected chi connectivity index (χ1v) is 17.3. The maximum absolute atomic E-state index is 14.1. The van der Waals surface area contributed by atoms with Gasteiger partial charge in [0, 0.05) is 61.7 Å². The lowest BCUT2D eigenvalue weighted by Gasteiger charge is -2.39. The Morgan fingerprint density at radius 1 is 0.980 bits per heavy atom. The van der Waals surface area contributed by atoms with Crippen LogP contribution in [-0.2, 0) is 36.1 Å². The van der Waals surface area contributed by atoms with Gasteiger partial charge in [0.1, 0.15) is 5.69 Å². The van der Waals surface area contributed by atoms with E-state index in [1.54, 1.807) is 31.3 Å². The Morgan fingerprint density at radius 2 is 1.68 bits per heavy atom. The standard InChI is InChI=1S/C34H29BrIN5O9/c1-38-23-14-26(49-3)25(48-2)13-21(23)37-20(32(38)45)6-7-39-33(46)40-8-5-16-22(41(40)34(39)47)11-17-29(24(42)12-18(35)30(17)43)28(16)15-9-19(36)31(44)27(10-15)50-4/h5,9-10,12-14,22,28,44H,6-8,11H2,1-4H3/t22-,28+/m1/s1. The Hall–Kier alpha value is -4.71. The molecule has 3 heterocycles. The molecule has 0 saturated heterocycles. The SMILES string of the molecule is COc1cc2nc(CCn3c(=O)n4n(c3=O)[C@@H]3CC5=C(C(=O)C=C(Br)C5=O)[C@@H](c5cc(I)c(O)c(OC)c5)C3=CC4)c(=O)n(C)c2cc1OC. The second-order valence-electron chi connectivity index (χ2n) is 12.0.